The Kier molecular flexibility index (Phi) is 4.89. The minimum absolute atomic E-state index is 0.0461. The Morgan fingerprint density at radius 3 is 2.72 bits per heavy atom. The first-order valence-electron chi connectivity index (χ1n) is 10.4. The van der Waals surface area contributed by atoms with E-state index >= 15 is 0 Å². The Bertz CT molecular complexity index is 1460. The van der Waals surface area contributed by atoms with Crippen LogP contribution in [0.25, 0.3) is 11.1 Å². The number of anilines is 1. The molecule has 10 heteroatoms. The summed E-state index contributed by atoms with van der Waals surface area (Å²) in [6.45, 7) is 4.02. The molecule has 1 fully saturated rings. The number of hydrogen-bond acceptors (Lipinski definition) is 7. The Balaban J connectivity index is 1.49. The average molecular weight is 455 g/mol. The van der Waals surface area contributed by atoms with E-state index in [2.05, 4.69) is 10.1 Å². The smallest absolute Gasteiger partial charge is 0.408 e. The van der Waals surface area contributed by atoms with Gasteiger partial charge < -0.3 is 8.94 Å². The topological polar surface area (TPSA) is 111 Å². The van der Waals surface area contributed by atoms with Gasteiger partial charge in [-0.05, 0) is 56.5 Å². The number of aryl methyl sites for hydroxylation is 1. The minimum atomic E-state index is -3.85. The van der Waals surface area contributed by atoms with Crippen molar-refractivity contribution in [3.63, 3.8) is 0 Å². The van der Waals surface area contributed by atoms with Crippen LogP contribution in [0.15, 0.2) is 61.1 Å². The molecule has 32 heavy (non-hydrogen) atoms. The van der Waals surface area contributed by atoms with Gasteiger partial charge in [-0.2, -0.15) is 4.98 Å². The van der Waals surface area contributed by atoms with E-state index in [4.69, 9.17) is 8.94 Å². The highest BCUT2D eigenvalue weighted by molar-refractivity contribution is 7.92. The van der Waals surface area contributed by atoms with Gasteiger partial charge in [0, 0.05) is 18.5 Å². The van der Waals surface area contributed by atoms with Gasteiger partial charge in [0.1, 0.15) is 0 Å². The molecule has 5 rings (SSSR count). The van der Waals surface area contributed by atoms with Crippen molar-refractivity contribution in [1.82, 2.24) is 14.7 Å². The lowest BCUT2D eigenvalue weighted by molar-refractivity contribution is 0.372. The van der Waals surface area contributed by atoms with Crippen LogP contribution in [-0.2, 0) is 16.6 Å². The van der Waals surface area contributed by atoms with E-state index in [9.17, 15) is 13.2 Å². The summed E-state index contributed by atoms with van der Waals surface area (Å²) < 4.78 is 40.0. The van der Waals surface area contributed by atoms with Gasteiger partial charge in [0.2, 0.25) is 5.89 Å². The maximum Gasteiger partial charge on any atom is 0.420 e. The van der Waals surface area contributed by atoms with Crippen molar-refractivity contribution < 1.29 is 17.4 Å². The van der Waals surface area contributed by atoms with Crippen LogP contribution in [0.4, 0.5) is 5.69 Å². The van der Waals surface area contributed by atoms with Crippen LogP contribution in [0.3, 0.4) is 0 Å². The van der Waals surface area contributed by atoms with Gasteiger partial charge in [-0.3, -0.25) is 8.87 Å². The third-order valence-electron chi connectivity index (χ3n) is 5.51. The fourth-order valence-electron chi connectivity index (χ4n) is 3.73. The van der Waals surface area contributed by atoms with E-state index in [1.54, 1.807) is 19.1 Å². The number of rotatable bonds is 7. The highest BCUT2D eigenvalue weighted by Gasteiger charge is 2.30. The number of hydrogen-bond donors (Lipinski definition) is 0. The van der Waals surface area contributed by atoms with Crippen molar-refractivity contribution in [3.8, 4) is 0 Å². The molecular weight excluding hydrogens is 432 g/mol. The van der Waals surface area contributed by atoms with E-state index in [0.29, 0.717) is 28.8 Å². The van der Waals surface area contributed by atoms with Crippen molar-refractivity contribution in [2.75, 3.05) is 10.8 Å². The lowest BCUT2D eigenvalue weighted by atomic mass is 10.2. The van der Waals surface area contributed by atoms with Gasteiger partial charge in [0.05, 0.1) is 22.6 Å². The Labute approximate surface area is 184 Å². The van der Waals surface area contributed by atoms with Gasteiger partial charge in [-0.25, -0.2) is 13.2 Å². The molecular formula is C22H22N4O5S. The molecule has 4 aromatic rings. The lowest BCUT2D eigenvalue weighted by Gasteiger charge is -2.23. The Morgan fingerprint density at radius 1 is 1.19 bits per heavy atom. The van der Waals surface area contributed by atoms with Crippen LogP contribution < -0.4 is 10.1 Å². The summed E-state index contributed by atoms with van der Waals surface area (Å²) in [7, 11) is -3.85. The van der Waals surface area contributed by atoms with E-state index in [0.717, 1.165) is 18.4 Å². The summed E-state index contributed by atoms with van der Waals surface area (Å²) >= 11 is 0. The number of sulfonamides is 1. The summed E-state index contributed by atoms with van der Waals surface area (Å²) in [5.74, 6) is 0.671. The Morgan fingerprint density at radius 2 is 2.00 bits per heavy atom. The zero-order chi connectivity index (χ0) is 22.5. The molecule has 1 aliphatic rings. The van der Waals surface area contributed by atoms with Gasteiger partial charge in [0.15, 0.2) is 11.4 Å². The minimum Gasteiger partial charge on any atom is -0.408 e. The average Bonchev–Trinajstić information content (AvgIpc) is 3.42. The van der Waals surface area contributed by atoms with Crippen molar-refractivity contribution in [2.24, 2.45) is 0 Å². The van der Waals surface area contributed by atoms with E-state index in [-0.39, 0.29) is 23.6 Å². The first kappa shape index (κ1) is 20.5. The molecule has 0 saturated heterocycles. The van der Waals surface area contributed by atoms with Crippen molar-refractivity contribution in [2.45, 2.75) is 44.0 Å². The fraction of sp³-hybridized carbons (Fsp3) is 0.318. The zero-order valence-corrected chi connectivity index (χ0v) is 18.5. The van der Waals surface area contributed by atoms with Crippen molar-refractivity contribution in [3.05, 3.63) is 70.3 Å². The van der Waals surface area contributed by atoms with Crippen LogP contribution in [0.1, 0.15) is 43.0 Å². The number of aromatic nitrogens is 3. The van der Waals surface area contributed by atoms with E-state index < -0.39 is 15.8 Å². The molecule has 0 N–H and O–H groups in total. The molecule has 0 amide bonds. The second kappa shape index (κ2) is 7.63. The molecule has 1 saturated carbocycles. The predicted molar refractivity (Wildman–Crippen MR) is 117 cm³/mol. The monoisotopic (exact) mass is 454 g/mol. The number of nitrogens with zero attached hydrogens (tertiary/aromatic N) is 4. The normalized spacial score (nSPS) is 14.2. The third kappa shape index (κ3) is 3.60. The maximum absolute atomic E-state index is 13.3. The van der Waals surface area contributed by atoms with Crippen molar-refractivity contribution in [1.29, 1.82) is 0 Å². The van der Waals surface area contributed by atoms with Gasteiger partial charge >= 0.3 is 5.76 Å². The predicted octanol–water partition coefficient (Wildman–Crippen LogP) is 3.43. The first-order chi connectivity index (χ1) is 15.4. The molecule has 1 aliphatic carbocycles. The second-order valence-corrected chi connectivity index (χ2v) is 9.78. The van der Waals surface area contributed by atoms with Crippen LogP contribution in [0.5, 0.6) is 0 Å². The molecule has 0 radical (unpaired) electrons. The van der Waals surface area contributed by atoms with Crippen LogP contribution >= 0.6 is 0 Å². The molecule has 0 bridgehead atoms. The number of oxazole rings is 1. The molecule has 0 unspecified atom stereocenters. The molecule has 166 valence electrons. The number of benzene rings is 2. The summed E-state index contributed by atoms with van der Waals surface area (Å²) in [4.78, 5) is 16.8. The molecule has 2 heterocycles. The zero-order valence-electron chi connectivity index (χ0n) is 17.7. The lowest BCUT2D eigenvalue weighted by Crippen LogP contribution is -2.30. The summed E-state index contributed by atoms with van der Waals surface area (Å²) in [6.07, 6.45) is 2.07. The third-order valence-corrected chi connectivity index (χ3v) is 7.41. The van der Waals surface area contributed by atoms with E-state index in [1.165, 1.54) is 21.0 Å². The molecule has 2 aromatic carbocycles. The van der Waals surface area contributed by atoms with Crippen LogP contribution in [0.2, 0.25) is 0 Å². The standard InChI is InChI=1S/C22H22N4O5S/c1-3-26(16-6-4-5-14(2)11-16)32(28,29)17-9-10-18-19(12-17)30-22(27)25(18)13-20-23-21(31-24-20)15-7-8-15/h4-6,9-12,15H,3,7-8,13H2,1-2H3. The SMILES string of the molecule is CCN(c1cccc(C)c1)S(=O)(=O)c1ccc2c(c1)oc(=O)n2Cc1noc(C2CC2)n1. The fourth-order valence-corrected chi connectivity index (χ4v) is 5.21. The molecule has 2 aromatic heterocycles. The number of fused-ring (bicyclic) bond motifs is 1. The van der Waals surface area contributed by atoms with Gasteiger partial charge in [-0.1, -0.05) is 17.3 Å². The molecule has 9 nitrogen and oxygen atoms in total. The summed E-state index contributed by atoms with van der Waals surface area (Å²) in [5.41, 5.74) is 2.18. The molecule has 0 aliphatic heterocycles. The molecule has 0 atom stereocenters. The quantitative estimate of drug-likeness (QED) is 0.420. The largest absolute Gasteiger partial charge is 0.420 e. The summed E-state index contributed by atoms with van der Waals surface area (Å²) in [5, 5.41) is 3.94. The molecule has 0 spiro atoms. The maximum atomic E-state index is 13.3. The summed E-state index contributed by atoms with van der Waals surface area (Å²) in [6, 6.07) is 11.7. The van der Waals surface area contributed by atoms with Gasteiger partial charge in [-0.15, -0.1) is 0 Å². The second-order valence-electron chi connectivity index (χ2n) is 7.92. The highest BCUT2D eigenvalue weighted by atomic mass is 32.2. The van der Waals surface area contributed by atoms with E-state index in [1.807, 2.05) is 25.1 Å². The van der Waals surface area contributed by atoms with Crippen LogP contribution in [-0.4, -0.2) is 29.7 Å². The van der Waals surface area contributed by atoms with Gasteiger partial charge in [0.25, 0.3) is 10.0 Å². The first-order valence-corrected chi connectivity index (χ1v) is 11.9. The highest BCUT2D eigenvalue weighted by Crippen LogP contribution is 2.38. The Hall–Kier alpha value is -3.40. The van der Waals surface area contributed by atoms with Crippen LogP contribution in [0, 0.1) is 6.92 Å². The van der Waals surface area contributed by atoms with Crippen molar-refractivity contribution >= 4 is 26.8 Å².